The fourth-order valence-corrected chi connectivity index (χ4v) is 1.25. The second kappa shape index (κ2) is 3.77. The van der Waals surface area contributed by atoms with Crippen LogP contribution in [0.3, 0.4) is 0 Å². The van der Waals surface area contributed by atoms with Crippen LogP contribution in [0.2, 0.25) is 0 Å². The standard InChI is InChI=1S/C9H19ClO/c1-6(2)8(10)9(5,11)7(3)4/h6-8,11H,1-5H3/t8-,9-/m0/s1. The van der Waals surface area contributed by atoms with E-state index in [0.29, 0.717) is 5.92 Å². The van der Waals surface area contributed by atoms with Gasteiger partial charge in [-0.1, -0.05) is 27.7 Å². The molecule has 0 fully saturated rings. The van der Waals surface area contributed by atoms with E-state index < -0.39 is 5.60 Å². The number of halogens is 1. The van der Waals surface area contributed by atoms with Gasteiger partial charge in [0.25, 0.3) is 0 Å². The van der Waals surface area contributed by atoms with Crippen molar-refractivity contribution in [2.45, 2.75) is 45.6 Å². The first-order chi connectivity index (χ1) is 4.80. The molecule has 0 aliphatic rings. The minimum absolute atomic E-state index is 0.164. The van der Waals surface area contributed by atoms with Crippen LogP contribution in [0.1, 0.15) is 34.6 Å². The number of hydrogen-bond donors (Lipinski definition) is 1. The number of aliphatic hydroxyl groups is 1. The van der Waals surface area contributed by atoms with E-state index in [0.717, 1.165) is 0 Å². The average molecular weight is 179 g/mol. The Morgan fingerprint density at radius 2 is 1.55 bits per heavy atom. The van der Waals surface area contributed by atoms with Crippen LogP contribution in [0.25, 0.3) is 0 Å². The van der Waals surface area contributed by atoms with Gasteiger partial charge in [-0.2, -0.15) is 0 Å². The van der Waals surface area contributed by atoms with Crippen molar-refractivity contribution in [2.75, 3.05) is 0 Å². The van der Waals surface area contributed by atoms with Gasteiger partial charge in [-0.3, -0.25) is 0 Å². The van der Waals surface area contributed by atoms with Crippen molar-refractivity contribution < 1.29 is 5.11 Å². The molecule has 0 amide bonds. The maximum Gasteiger partial charge on any atom is 0.0807 e. The third-order valence-corrected chi connectivity index (χ3v) is 3.26. The third kappa shape index (κ3) is 2.64. The van der Waals surface area contributed by atoms with Crippen molar-refractivity contribution in [1.29, 1.82) is 0 Å². The fraction of sp³-hybridized carbons (Fsp3) is 1.00. The first-order valence-corrected chi connectivity index (χ1v) is 4.60. The predicted molar refractivity (Wildman–Crippen MR) is 49.9 cm³/mol. The summed E-state index contributed by atoms with van der Waals surface area (Å²) < 4.78 is 0. The molecule has 0 aromatic carbocycles. The van der Waals surface area contributed by atoms with Gasteiger partial charge in [0, 0.05) is 0 Å². The molecule has 0 bridgehead atoms. The fourth-order valence-electron chi connectivity index (χ4n) is 0.993. The van der Waals surface area contributed by atoms with Crippen molar-refractivity contribution >= 4 is 11.6 Å². The Hall–Kier alpha value is 0.250. The monoisotopic (exact) mass is 178 g/mol. The zero-order valence-electron chi connectivity index (χ0n) is 8.06. The van der Waals surface area contributed by atoms with Crippen LogP contribution in [0, 0.1) is 11.8 Å². The molecule has 0 spiro atoms. The molecule has 0 aliphatic heterocycles. The molecule has 0 aromatic rings. The molecular weight excluding hydrogens is 160 g/mol. The van der Waals surface area contributed by atoms with Crippen LogP contribution >= 0.6 is 11.6 Å². The second-order valence-electron chi connectivity index (χ2n) is 4.03. The summed E-state index contributed by atoms with van der Waals surface area (Å²) in [5.41, 5.74) is -0.754. The van der Waals surface area contributed by atoms with Crippen LogP contribution in [0.4, 0.5) is 0 Å². The van der Waals surface area contributed by atoms with Crippen LogP contribution in [0.5, 0.6) is 0 Å². The highest BCUT2D eigenvalue weighted by molar-refractivity contribution is 6.21. The topological polar surface area (TPSA) is 20.2 Å². The highest BCUT2D eigenvalue weighted by atomic mass is 35.5. The summed E-state index contributed by atoms with van der Waals surface area (Å²) in [6.45, 7) is 9.81. The summed E-state index contributed by atoms with van der Waals surface area (Å²) in [7, 11) is 0. The number of hydrogen-bond acceptors (Lipinski definition) is 1. The molecule has 0 rings (SSSR count). The Labute approximate surface area is 74.8 Å². The normalized spacial score (nSPS) is 20.5. The summed E-state index contributed by atoms with van der Waals surface area (Å²) in [5.74, 6) is 0.515. The summed E-state index contributed by atoms with van der Waals surface area (Å²) in [4.78, 5) is 0. The van der Waals surface area contributed by atoms with E-state index in [1.807, 2.05) is 27.7 Å². The molecule has 0 heterocycles. The van der Waals surface area contributed by atoms with Crippen molar-refractivity contribution in [3.05, 3.63) is 0 Å². The molecule has 1 nitrogen and oxygen atoms in total. The molecule has 0 radical (unpaired) electrons. The van der Waals surface area contributed by atoms with Crippen molar-refractivity contribution in [1.82, 2.24) is 0 Å². The van der Waals surface area contributed by atoms with E-state index in [1.165, 1.54) is 0 Å². The number of rotatable bonds is 3. The maximum atomic E-state index is 9.90. The summed E-state index contributed by atoms with van der Waals surface area (Å²) in [6, 6.07) is 0. The zero-order valence-corrected chi connectivity index (χ0v) is 8.81. The molecule has 68 valence electrons. The molecule has 0 aromatic heterocycles. The molecule has 0 unspecified atom stereocenters. The lowest BCUT2D eigenvalue weighted by atomic mass is 9.84. The van der Waals surface area contributed by atoms with E-state index in [1.54, 1.807) is 6.92 Å². The smallest absolute Gasteiger partial charge is 0.0807 e. The molecule has 2 atom stereocenters. The minimum Gasteiger partial charge on any atom is -0.388 e. The molecule has 1 N–H and O–H groups in total. The summed E-state index contributed by atoms with van der Waals surface area (Å²) in [5, 5.41) is 9.73. The first-order valence-electron chi connectivity index (χ1n) is 4.16. The molecule has 0 saturated heterocycles. The lowest BCUT2D eigenvalue weighted by Crippen LogP contribution is -2.43. The molecule has 0 aliphatic carbocycles. The van der Waals surface area contributed by atoms with Gasteiger partial charge >= 0.3 is 0 Å². The van der Waals surface area contributed by atoms with Crippen molar-refractivity contribution in [3.8, 4) is 0 Å². The highest BCUT2D eigenvalue weighted by Crippen LogP contribution is 2.29. The van der Waals surface area contributed by atoms with Crippen molar-refractivity contribution in [3.63, 3.8) is 0 Å². The van der Waals surface area contributed by atoms with Gasteiger partial charge in [0.15, 0.2) is 0 Å². The summed E-state index contributed by atoms with van der Waals surface area (Å²) >= 11 is 6.05. The Morgan fingerprint density at radius 1 is 1.18 bits per heavy atom. The Morgan fingerprint density at radius 3 is 1.64 bits per heavy atom. The molecule has 11 heavy (non-hydrogen) atoms. The molecule has 0 saturated carbocycles. The Kier molecular flexibility index (Phi) is 3.86. The minimum atomic E-state index is -0.754. The Balaban J connectivity index is 4.29. The van der Waals surface area contributed by atoms with Crippen molar-refractivity contribution in [2.24, 2.45) is 11.8 Å². The number of alkyl halides is 1. The van der Waals surface area contributed by atoms with E-state index in [2.05, 4.69) is 0 Å². The maximum absolute atomic E-state index is 9.90. The van der Waals surface area contributed by atoms with E-state index in [-0.39, 0.29) is 11.3 Å². The van der Waals surface area contributed by atoms with E-state index in [9.17, 15) is 5.11 Å². The van der Waals surface area contributed by atoms with Crippen LogP contribution in [0.15, 0.2) is 0 Å². The van der Waals surface area contributed by atoms with Gasteiger partial charge in [0.1, 0.15) is 0 Å². The lowest BCUT2D eigenvalue weighted by molar-refractivity contribution is -0.000969. The SMILES string of the molecule is CC(C)[C@H](Cl)[C@@](C)(O)C(C)C. The van der Waals surface area contributed by atoms with Crippen LogP contribution < -0.4 is 0 Å². The van der Waals surface area contributed by atoms with Gasteiger partial charge in [-0.15, -0.1) is 11.6 Å². The quantitative estimate of drug-likeness (QED) is 0.659. The second-order valence-corrected chi connectivity index (χ2v) is 4.50. The summed E-state index contributed by atoms with van der Waals surface area (Å²) in [6.07, 6.45) is 0. The highest BCUT2D eigenvalue weighted by Gasteiger charge is 2.35. The van der Waals surface area contributed by atoms with Gasteiger partial charge < -0.3 is 5.11 Å². The Bertz CT molecular complexity index is 119. The van der Waals surface area contributed by atoms with E-state index >= 15 is 0 Å². The van der Waals surface area contributed by atoms with Gasteiger partial charge in [0.05, 0.1) is 11.0 Å². The van der Waals surface area contributed by atoms with Crippen LogP contribution in [-0.4, -0.2) is 16.1 Å². The predicted octanol–water partition coefficient (Wildman–Crippen LogP) is 2.66. The first kappa shape index (κ1) is 11.2. The van der Waals surface area contributed by atoms with Gasteiger partial charge in [-0.25, -0.2) is 0 Å². The largest absolute Gasteiger partial charge is 0.388 e. The van der Waals surface area contributed by atoms with E-state index in [4.69, 9.17) is 11.6 Å². The van der Waals surface area contributed by atoms with Gasteiger partial charge in [0.2, 0.25) is 0 Å². The molecular formula is C9H19ClO. The molecule has 2 heteroatoms. The zero-order chi connectivity index (χ0) is 9.23. The lowest BCUT2D eigenvalue weighted by Gasteiger charge is -2.34. The average Bonchev–Trinajstić information content (AvgIpc) is 1.85. The van der Waals surface area contributed by atoms with Gasteiger partial charge in [-0.05, 0) is 18.8 Å². The third-order valence-electron chi connectivity index (χ3n) is 2.31. The van der Waals surface area contributed by atoms with Crippen LogP contribution in [-0.2, 0) is 0 Å².